The van der Waals surface area contributed by atoms with Crippen molar-refractivity contribution in [3.05, 3.63) is 12.7 Å². The van der Waals surface area contributed by atoms with E-state index in [0.29, 0.717) is 6.42 Å². The molecule has 0 spiro atoms. The van der Waals surface area contributed by atoms with E-state index in [1.165, 1.54) is 0 Å². The zero-order valence-corrected chi connectivity index (χ0v) is 21.2. The molecule has 0 rings (SSSR count). The number of ketones is 1. The van der Waals surface area contributed by atoms with Crippen molar-refractivity contribution in [3.63, 3.8) is 0 Å². The first-order valence-electron chi connectivity index (χ1n) is 10.9. The number of Topliss-reactive ketones (excluding diaryl/α,β-unsaturated/α-hetero) is 1. The van der Waals surface area contributed by atoms with E-state index < -0.39 is 25.8 Å². The molecule has 5 nitrogen and oxygen atoms in total. The van der Waals surface area contributed by atoms with Crippen molar-refractivity contribution in [2.24, 2.45) is 17.3 Å². The van der Waals surface area contributed by atoms with Gasteiger partial charge in [0.05, 0.1) is 6.10 Å². The Bertz CT molecular complexity index is 552. The monoisotopic (exact) mass is 427 g/mol. The number of carbonyl (C=O) groups excluding carboxylic acids is 2. The van der Waals surface area contributed by atoms with E-state index in [1.807, 2.05) is 26.8 Å². The van der Waals surface area contributed by atoms with Crippen molar-refractivity contribution in [1.82, 2.24) is 5.48 Å². The molecule has 0 heterocycles. The largest absolute Gasteiger partial charge is 0.392 e. The molecule has 3 unspecified atom stereocenters. The summed E-state index contributed by atoms with van der Waals surface area (Å²) in [7, 11) is -2.06. The summed E-state index contributed by atoms with van der Waals surface area (Å²) in [5.74, 6) is -0.623. The molecule has 0 saturated carbocycles. The van der Waals surface area contributed by atoms with Crippen LogP contribution in [0.25, 0.3) is 0 Å². The predicted molar refractivity (Wildman–Crippen MR) is 123 cm³/mol. The maximum Gasteiger partial charge on any atom is 0.242 e. The fourth-order valence-corrected chi connectivity index (χ4v) is 3.63. The van der Waals surface area contributed by atoms with Crippen LogP contribution in [0, 0.1) is 17.3 Å². The van der Waals surface area contributed by atoms with Gasteiger partial charge < -0.3 is 9.63 Å². The van der Waals surface area contributed by atoms with Gasteiger partial charge in [0.2, 0.25) is 14.2 Å². The summed E-state index contributed by atoms with van der Waals surface area (Å²) in [6.07, 6.45) is 4.56. The SMILES string of the molecule is C=CCCCC(C)C(O)C(C)C(=O)C(C)(C)CCC(=O)NO[Si](C)(C)C(C)(C)C. The Morgan fingerprint density at radius 3 is 2.21 bits per heavy atom. The van der Waals surface area contributed by atoms with Crippen molar-refractivity contribution < 1.29 is 19.2 Å². The Labute approximate surface area is 179 Å². The summed E-state index contributed by atoms with van der Waals surface area (Å²) >= 11 is 0. The van der Waals surface area contributed by atoms with Crippen LogP contribution < -0.4 is 5.48 Å². The first kappa shape index (κ1) is 28.0. The summed E-state index contributed by atoms with van der Waals surface area (Å²) < 4.78 is 5.75. The Morgan fingerprint density at radius 2 is 1.72 bits per heavy atom. The zero-order valence-electron chi connectivity index (χ0n) is 20.2. The van der Waals surface area contributed by atoms with Gasteiger partial charge in [0.1, 0.15) is 5.78 Å². The van der Waals surface area contributed by atoms with Crippen LogP contribution >= 0.6 is 0 Å². The Balaban J connectivity index is 4.69. The molecule has 0 aliphatic rings. The van der Waals surface area contributed by atoms with E-state index >= 15 is 0 Å². The van der Waals surface area contributed by atoms with Gasteiger partial charge in [0, 0.05) is 17.8 Å². The number of aliphatic hydroxyl groups excluding tert-OH is 1. The number of unbranched alkanes of at least 4 members (excludes halogenated alkanes) is 1. The normalized spacial score (nSPS) is 16.1. The lowest BCUT2D eigenvalue weighted by molar-refractivity contribution is -0.136. The number of hydroxylamine groups is 1. The van der Waals surface area contributed by atoms with E-state index in [9.17, 15) is 14.7 Å². The molecular formula is C23H45NO4Si. The molecule has 0 bridgehead atoms. The van der Waals surface area contributed by atoms with E-state index in [2.05, 4.69) is 45.9 Å². The first-order valence-corrected chi connectivity index (χ1v) is 13.8. The highest BCUT2D eigenvalue weighted by molar-refractivity contribution is 6.74. The summed E-state index contributed by atoms with van der Waals surface area (Å²) in [4.78, 5) is 25.2. The van der Waals surface area contributed by atoms with Gasteiger partial charge in [-0.3, -0.25) is 9.59 Å². The highest BCUT2D eigenvalue weighted by atomic mass is 28.4. The van der Waals surface area contributed by atoms with Gasteiger partial charge in [-0.1, -0.05) is 54.5 Å². The molecule has 0 aliphatic carbocycles. The standard InChI is InChI=1S/C23H45NO4Si/c1-11-12-13-14-17(2)20(26)18(3)21(27)23(7,8)16-15-19(25)24-28-29(9,10)22(4,5)6/h11,17-18,20,26H,1,12-16H2,2-10H3,(H,24,25). The van der Waals surface area contributed by atoms with Crippen LogP contribution in [0.1, 0.15) is 80.6 Å². The quantitative estimate of drug-likeness (QED) is 0.178. The van der Waals surface area contributed by atoms with E-state index in [1.54, 1.807) is 6.92 Å². The molecule has 0 saturated heterocycles. The smallest absolute Gasteiger partial charge is 0.242 e. The fraction of sp³-hybridized carbons (Fsp3) is 0.826. The third-order valence-electron chi connectivity index (χ3n) is 6.45. The Morgan fingerprint density at radius 1 is 1.17 bits per heavy atom. The Kier molecular flexibility index (Phi) is 11.0. The fourth-order valence-electron chi connectivity index (χ4n) is 2.96. The van der Waals surface area contributed by atoms with Gasteiger partial charge in [-0.25, -0.2) is 5.48 Å². The first-order chi connectivity index (χ1) is 13.1. The van der Waals surface area contributed by atoms with E-state index in [0.717, 1.165) is 19.3 Å². The Hall–Kier alpha value is -0.983. The van der Waals surface area contributed by atoms with Crippen molar-refractivity contribution >= 4 is 20.0 Å². The molecule has 0 aromatic carbocycles. The summed E-state index contributed by atoms with van der Waals surface area (Å²) in [5.41, 5.74) is 1.91. The lowest BCUT2D eigenvalue weighted by Gasteiger charge is -2.35. The van der Waals surface area contributed by atoms with E-state index in [4.69, 9.17) is 4.53 Å². The number of carbonyl (C=O) groups is 2. The van der Waals surface area contributed by atoms with Crippen molar-refractivity contribution in [2.75, 3.05) is 0 Å². The highest BCUT2D eigenvalue weighted by Crippen LogP contribution is 2.36. The number of allylic oxidation sites excluding steroid dienone is 1. The molecule has 0 aromatic rings. The molecule has 0 fully saturated rings. The number of amides is 1. The summed E-state index contributed by atoms with van der Waals surface area (Å²) in [5, 5.41) is 10.6. The number of hydrogen-bond donors (Lipinski definition) is 2. The number of aliphatic hydroxyl groups is 1. The second-order valence-electron chi connectivity index (χ2n) is 10.6. The minimum Gasteiger partial charge on any atom is -0.392 e. The van der Waals surface area contributed by atoms with Crippen LogP contribution in [0.5, 0.6) is 0 Å². The molecule has 170 valence electrons. The third kappa shape index (κ3) is 9.14. The number of nitrogens with one attached hydrogen (secondary N) is 1. The second kappa shape index (κ2) is 11.4. The van der Waals surface area contributed by atoms with Crippen LogP contribution in [0.15, 0.2) is 12.7 Å². The van der Waals surface area contributed by atoms with Gasteiger partial charge in [-0.05, 0) is 49.7 Å². The predicted octanol–water partition coefficient (Wildman–Crippen LogP) is 5.40. The van der Waals surface area contributed by atoms with E-state index in [-0.39, 0.29) is 29.1 Å². The minimum absolute atomic E-state index is 0.00122. The highest BCUT2D eigenvalue weighted by Gasteiger charge is 2.39. The maximum atomic E-state index is 13.0. The topological polar surface area (TPSA) is 75.6 Å². The number of rotatable bonds is 13. The molecule has 29 heavy (non-hydrogen) atoms. The minimum atomic E-state index is -2.06. The average molecular weight is 428 g/mol. The van der Waals surface area contributed by atoms with Crippen LogP contribution in [-0.4, -0.2) is 31.2 Å². The lowest BCUT2D eigenvalue weighted by Crippen LogP contribution is -2.46. The number of hydrogen-bond acceptors (Lipinski definition) is 4. The zero-order chi connectivity index (χ0) is 23.0. The van der Waals surface area contributed by atoms with Crippen molar-refractivity contribution in [1.29, 1.82) is 0 Å². The molecule has 0 aromatic heterocycles. The van der Waals surface area contributed by atoms with Crippen LogP contribution in [0.3, 0.4) is 0 Å². The molecule has 2 N–H and O–H groups in total. The third-order valence-corrected chi connectivity index (χ3v) is 10.7. The van der Waals surface area contributed by atoms with Crippen molar-refractivity contribution in [2.45, 2.75) is 105 Å². The van der Waals surface area contributed by atoms with Crippen LogP contribution in [0.2, 0.25) is 18.1 Å². The van der Waals surface area contributed by atoms with Gasteiger partial charge in [0.25, 0.3) is 0 Å². The van der Waals surface area contributed by atoms with Gasteiger partial charge in [0.15, 0.2) is 0 Å². The molecule has 0 radical (unpaired) electrons. The summed E-state index contributed by atoms with van der Waals surface area (Å²) in [6, 6.07) is 0. The van der Waals surface area contributed by atoms with Crippen LogP contribution in [0.4, 0.5) is 0 Å². The van der Waals surface area contributed by atoms with Gasteiger partial charge in [-0.2, -0.15) is 0 Å². The van der Waals surface area contributed by atoms with Crippen molar-refractivity contribution in [3.8, 4) is 0 Å². The van der Waals surface area contributed by atoms with Gasteiger partial charge >= 0.3 is 0 Å². The lowest BCUT2D eigenvalue weighted by atomic mass is 9.74. The van der Waals surface area contributed by atoms with Crippen LogP contribution in [-0.2, 0) is 14.1 Å². The molecular weight excluding hydrogens is 382 g/mol. The average Bonchev–Trinajstić information content (AvgIpc) is 2.62. The molecule has 6 heteroatoms. The molecule has 3 atom stereocenters. The van der Waals surface area contributed by atoms with Gasteiger partial charge in [-0.15, -0.1) is 6.58 Å². The summed E-state index contributed by atoms with van der Waals surface area (Å²) in [6.45, 7) is 21.7. The maximum absolute atomic E-state index is 13.0. The second-order valence-corrected chi connectivity index (χ2v) is 15.3. The molecule has 1 amide bonds. The molecule has 0 aliphatic heterocycles.